The van der Waals surface area contributed by atoms with Crippen LogP contribution in [0.15, 0.2) is 119 Å². The van der Waals surface area contributed by atoms with Gasteiger partial charge in [0.15, 0.2) is 0 Å². The third-order valence-electron chi connectivity index (χ3n) is 7.12. The average Bonchev–Trinajstić information content (AvgIpc) is 3.20. The molecule has 7 rings (SSSR count). The molecule has 0 fully saturated rings. The van der Waals surface area contributed by atoms with E-state index in [0.717, 1.165) is 16.0 Å². The summed E-state index contributed by atoms with van der Waals surface area (Å²) in [5.41, 5.74) is 8.16. The number of hydrogen-bond acceptors (Lipinski definition) is 4. The second kappa shape index (κ2) is 7.39. The van der Waals surface area contributed by atoms with Gasteiger partial charge in [0.05, 0.1) is 11.0 Å². The Labute approximate surface area is 206 Å². The predicted molar refractivity (Wildman–Crippen MR) is 138 cm³/mol. The molecule has 1 spiro atoms. The van der Waals surface area contributed by atoms with Crippen LogP contribution >= 0.6 is 11.8 Å². The number of fused-ring (bicyclic) bond motifs is 9. The van der Waals surface area contributed by atoms with Gasteiger partial charge in [-0.3, -0.25) is 0 Å². The Balaban J connectivity index is 1.61. The zero-order valence-corrected chi connectivity index (χ0v) is 19.3. The summed E-state index contributed by atoms with van der Waals surface area (Å²) < 4.78 is 0. The largest absolute Gasteiger partial charge is 0.371 e. The van der Waals surface area contributed by atoms with Gasteiger partial charge in [0.2, 0.25) is 0 Å². The Hall–Kier alpha value is -4.22. The molecule has 1 aliphatic carbocycles. The molecule has 5 aromatic rings. The SMILES string of the molecule is O=[N+]([O-])c1ncccc1-c1ccc2c(c1)C1(c3ccccc3S2)c2ccccc2-c2ccccc21. The quantitative estimate of drug-likeness (QED) is 0.194. The van der Waals surface area contributed by atoms with Crippen LogP contribution in [-0.2, 0) is 5.41 Å². The molecule has 0 amide bonds. The summed E-state index contributed by atoms with van der Waals surface area (Å²) in [5, 5.41) is 11.8. The molecule has 4 aromatic carbocycles. The third-order valence-corrected chi connectivity index (χ3v) is 8.27. The fourth-order valence-electron chi connectivity index (χ4n) is 5.79. The molecule has 2 heterocycles. The monoisotopic (exact) mass is 470 g/mol. The fourth-order valence-corrected chi connectivity index (χ4v) is 6.96. The van der Waals surface area contributed by atoms with Gasteiger partial charge in [-0.05, 0) is 79.2 Å². The summed E-state index contributed by atoms with van der Waals surface area (Å²) in [6.07, 6.45) is 1.47. The van der Waals surface area contributed by atoms with E-state index in [1.54, 1.807) is 23.9 Å². The van der Waals surface area contributed by atoms with Crippen molar-refractivity contribution in [1.82, 2.24) is 4.98 Å². The van der Waals surface area contributed by atoms with E-state index in [0.29, 0.717) is 5.56 Å². The number of nitrogens with zero attached hydrogens (tertiary/aromatic N) is 2. The van der Waals surface area contributed by atoms with Crippen LogP contribution < -0.4 is 0 Å². The van der Waals surface area contributed by atoms with E-state index >= 15 is 0 Å². The minimum absolute atomic E-state index is 0.127. The van der Waals surface area contributed by atoms with E-state index in [1.165, 1.54) is 38.9 Å². The first kappa shape index (κ1) is 20.2. The molecular weight excluding hydrogens is 452 g/mol. The lowest BCUT2D eigenvalue weighted by Gasteiger charge is -2.39. The van der Waals surface area contributed by atoms with Crippen molar-refractivity contribution in [2.45, 2.75) is 15.2 Å². The summed E-state index contributed by atoms with van der Waals surface area (Å²) in [5.74, 6) is -0.127. The minimum atomic E-state index is -0.503. The first-order valence-electron chi connectivity index (χ1n) is 11.4. The number of aromatic nitrogens is 1. The van der Waals surface area contributed by atoms with Crippen molar-refractivity contribution in [3.8, 4) is 22.3 Å². The number of nitro groups is 1. The van der Waals surface area contributed by atoms with E-state index in [4.69, 9.17) is 0 Å². The lowest BCUT2D eigenvalue weighted by Crippen LogP contribution is -2.32. The number of benzene rings is 4. The highest BCUT2D eigenvalue weighted by Crippen LogP contribution is 2.62. The predicted octanol–water partition coefficient (Wildman–Crippen LogP) is 7.48. The minimum Gasteiger partial charge on any atom is -0.358 e. The Morgan fingerprint density at radius 2 is 1.26 bits per heavy atom. The van der Waals surface area contributed by atoms with Gasteiger partial charge >= 0.3 is 5.82 Å². The highest BCUT2D eigenvalue weighted by Gasteiger charge is 2.50. The Morgan fingerprint density at radius 3 is 1.97 bits per heavy atom. The van der Waals surface area contributed by atoms with Crippen molar-refractivity contribution in [2.24, 2.45) is 0 Å². The van der Waals surface area contributed by atoms with Crippen molar-refractivity contribution in [2.75, 3.05) is 0 Å². The van der Waals surface area contributed by atoms with Crippen LogP contribution in [0.3, 0.4) is 0 Å². The molecule has 1 aliphatic heterocycles. The molecule has 0 saturated carbocycles. The number of pyridine rings is 1. The molecule has 166 valence electrons. The molecule has 1 aromatic heterocycles. The summed E-state index contributed by atoms with van der Waals surface area (Å²) >= 11 is 1.76. The van der Waals surface area contributed by atoms with Gasteiger partial charge in [-0.15, -0.1) is 0 Å². The molecule has 35 heavy (non-hydrogen) atoms. The Bertz CT molecular complexity index is 1630. The molecule has 2 aliphatic rings. The zero-order chi connectivity index (χ0) is 23.6. The van der Waals surface area contributed by atoms with Crippen LogP contribution in [0.1, 0.15) is 22.3 Å². The number of hydrogen-bond donors (Lipinski definition) is 0. The van der Waals surface area contributed by atoms with Gasteiger partial charge in [0.25, 0.3) is 0 Å². The normalized spacial score (nSPS) is 14.1. The van der Waals surface area contributed by atoms with Gasteiger partial charge in [0, 0.05) is 9.79 Å². The standard InChI is InChI=1S/C30H18N2O2S/c33-32(34)29-20(10-7-17-31-29)19-15-16-28-26(18-19)30(25-13-5-6-14-27(25)35-28)23-11-3-1-8-21(23)22-9-2-4-12-24(22)30/h1-18H. The van der Waals surface area contributed by atoms with Crippen molar-refractivity contribution in [3.05, 3.63) is 142 Å². The smallest absolute Gasteiger partial charge is 0.358 e. The third kappa shape index (κ3) is 2.67. The van der Waals surface area contributed by atoms with E-state index < -0.39 is 10.3 Å². The molecule has 4 nitrogen and oxygen atoms in total. The van der Waals surface area contributed by atoms with Gasteiger partial charge in [-0.2, -0.15) is 0 Å². The second-order valence-electron chi connectivity index (χ2n) is 8.78. The molecule has 0 bridgehead atoms. The van der Waals surface area contributed by atoms with E-state index in [9.17, 15) is 10.1 Å². The van der Waals surface area contributed by atoms with Gasteiger partial charge < -0.3 is 10.1 Å². The Kier molecular flexibility index (Phi) is 4.26. The van der Waals surface area contributed by atoms with Crippen LogP contribution in [-0.4, -0.2) is 9.91 Å². The Morgan fingerprint density at radius 1 is 0.657 bits per heavy atom. The summed E-state index contributed by atoms with van der Waals surface area (Å²) in [6.45, 7) is 0. The molecule has 5 heteroatoms. The topological polar surface area (TPSA) is 56.0 Å². The fraction of sp³-hybridized carbons (Fsp3) is 0.0333. The first-order chi connectivity index (χ1) is 17.2. The van der Waals surface area contributed by atoms with Crippen LogP contribution in [0.5, 0.6) is 0 Å². The summed E-state index contributed by atoms with van der Waals surface area (Å²) in [6, 6.07) is 35.6. The molecule has 0 unspecified atom stereocenters. The van der Waals surface area contributed by atoms with Gasteiger partial charge in [-0.25, -0.2) is 0 Å². The molecule has 0 saturated heterocycles. The molecular formula is C30H18N2O2S. The van der Waals surface area contributed by atoms with E-state index in [-0.39, 0.29) is 5.82 Å². The van der Waals surface area contributed by atoms with Crippen molar-refractivity contribution in [3.63, 3.8) is 0 Å². The van der Waals surface area contributed by atoms with Crippen molar-refractivity contribution < 1.29 is 4.92 Å². The van der Waals surface area contributed by atoms with Crippen LogP contribution in [0, 0.1) is 10.1 Å². The lowest BCUT2D eigenvalue weighted by molar-refractivity contribution is -0.388. The zero-order valence-electron chi connectivity index (χ0n) is 18.5. The highest BCUT2D eigenvalue weighted by molar-refractivity contribution is 7.99. The average molecular weight is 471 g/mol. The van der Waals surface area contributed by atoms with Crippen LogP contribution in [0.2, 0.25) is 0 Å². The van der Waals surface area contributed by atoms with E-state index in [1.807, 2.05) is 6.07 Å². The highest BCUT2D eigenvalue weighted by atomic mass is 32.2. The summed E-state index contributed by atoms with van der Waals surface area (Å²) in [7, 11) is 0. The first-order valence-corrected chi connectivity index (χ1v) is 12.2. The summed E-state index contributed by atoms with van der Waals surface area (Å²) in [4.78, 5) is 17.8. The maximum absolute atomic E-state index is 11.8. The van der Waals surface area contributed by atoms with E-state index in [2.05, 4.69) is 89.9 Å². The lowest BCUT2D eigenvalue weighted by atomic mass is 9.67. The van der Waals surface area contributed by atoms with Gasteiger partial charge in [-0.1, -0.05) is 84.6 Å². The number of rotatable bonds is 2. The second-order valence-corrected chi connectivity index (χ2v) is 9.87. The van der Waals surface area contributed by atoms with Crippen molar-refractivity contribution >= 4 is 17.6 Å². The molecule has 0 radical (unpaired) electrons. The van der Waals surface area contributed by atoms with Crippen molar-refractivity contribution in [1.29, 1.82) is 0 Å². The van der Waals surface area contributed by atoms with Gasteiger partial charge in [0.1, 0.15) is 6.20 Å². The molecule has 0 N–H and O–H groups in total. The maximum atomic E-state index is 11.8. The van der Waals surface area contributed by atoms with Crippen LogP contribution in [0.25, 0.3) is 22.3 Å². The molecule has 0 atom stereocenters. The van der Waals surface area contributed by atoms with Crippen LogP contribution in [0.4, 0.5) is 5.82 Å². The maximum Gasteiger partial charge on any atom is 0.371 e.